The third-order valence-electron chi connectivity index (χ3n) is 2.88. The number of hydrogen-bond donors (Lipinski definition) is 0. The average Bonchev–Trinajstić information content (AvgIpc) is 2.82. The molecule has 0 unspecified atom stereocenters. The van der Waals surface area contributed by atoms with E-state index >= 15 is 0 Å². The molecule has 1 heteroatoms. The van der Waals surface area contributed by atoms with Crippen molar-refractivity contribution in [1.29, 1.82) is 0 Å². The van der Waals surface area contributed by atoms with Gasteiger partial charge in [0.25, 0.3) is 0 Å². The Morgan fingerprint density at radius 3 is 3.17 bits per heavy atom. The van der Waals surface area contributed by atoms with Crippen LogP contribution < -0.4 is 0 Å². The molecule has 0 amide bonds. The molecule has 1 saturated heterocycles. The van der Waals surface area contributed by atoms with Crippen molar-refractivity contribution < 1.29 is 4.74 Å². The summed E-state index contributed by atoms with van der Waals surface area (Å²) in [7, 11) is 0. The molecule has 2 atom stereocenters. The minimum Gasteiger partial charge on any atom is -0.364 e. The zero-order valence-electron chi connectivity index (χ0n) is 6.99. The molecule has 2 aliphatic rings. The molecule has 1 aromatic rings. The Labute approximate surface area is 72.4 Å². The molecule has 1 aliphatic carbocycles. The van der Waals surface area contributed by atoms with Crippen LogP contribution in [0.3, 0.4) is 0 Å². The molecule has 12 heavy (non-hydrogen) atoms. The maximum atomic E-state index is 5.58. The van der Waals surface area contributed by atoms with Crippen molar-refractivity contribution in [3.63, 3.8) is 0 Å². The summed E-state index contributed by atoms with van der Waals surface area (Å²) in [4.78, 5) is 0. The summed E-state index contributed by atoms with van der Waals surface area (Å²) in [5.74, 6) is 0. The van der Waals surface area contributed by atoms with Gasteiger partial charge in [0.15, 0.2) is 0 Å². The average molecular weight is 160 g/mol. The summed E-state index contributed by atoms with van der Waals surface area (Å²) in [6.45, 7) is 0. The Morgan fingerprint density at radius 1 is 1.25 bits per heavy atom. The monoisotopic (exact) mass is 160 g/mol. The molecule has 0 spiro atoms. The molecule has 3 rings (SSSR count). The lowest BCUT2D eigenvalue weighted by Crippen LogP contribution is -1.89. The van der Waals surface area contributed by atoms with Gasteiger partial charge in [-0.3, -0.25) is 0 Å². The number of epoxide rings is 1. The standard InChI is InChI=1S/C11H12O/c1-2-6-9-8(4-1)5-3-7-10-11(9)12-10/h1-2,4,6,10-11H,3,5,7H2/t10-,11-/m0/s1. The van der Waals surface area contributed by atoms with E-state index in [2.05, 4.69) is 24.3 Å². The first-order valence-electron chi connectivity index (χ1n) is 4.68. The van der Waals surface area contributed by atoms with E-state index in [9.17, 15) is 0 Å². The second-order valence-electron chi connectivity index (χ2n) is 3.69. The second kappa shape index (κ2) is 2.33. The van der Waals surface area contributed by atoms with E-state index in [1.807, 2.05) is 0 Å². The highest BCUT2D eigenvalue weighted by Crippen LogP contribution is 2.45. The van der Waals surface area contributed by atoms with Crippen LogP contribution in [0.1, 0.15) is 30.1 Å². The molecule has 62 valence electrons. The second-order valence-corrected chi connectivity index (χ2v) is 3.69. The van der Waals surface area contributed by atoms with Crippen LogP contribution in [0.2, 0.25) is 0 Å². The van der Waals surface area contributed by atoms with Crippen molar-refractivity contribution >= 4 is 0 Å². The zero-order valence-corrected chi connectivity index (χ0v) is 6.99. The van der Waals surface area contributed by atoms with Gasteiger partial charge in [0.05, 0.1) is 6.10 Å². The van der Waals surface area contributed by atoms with Crippen LogP contribution in [0.5, 0.6) is 0 Å². The Kier molecular flexibility index (Phi) is 1.30. The molecule has 1 aliphatic heterocycles. The van der Waals surface area contributed by atoms with Crippen LogP contribution >= 0.6 is 0 Å². The summed E-state index contributed by atoms with van der Waals surface area (Å²) in [6.07, 6.45) is 4.78. The highest BCUT2D eigenvalue weighted by Gasteiger charge is 2.41. The molecule has 1 heterocycles. The fourth-order valence-electron chi connectivity index (χ4n) is 2.17. The molecule has 0 radical (unpaired) electrons. The molecule has 1 fully saturated rings. The van der Waals surface area contributed by atoms with E-state index < -0.39 is 0 Å². The van der Waals surface area contributed by atoms with Crippen LogP contribution in [-0.4, -0.2) is 6.10 Å². The van der Waals surface area contributed by atoms with Gasteiger partial charge in [-0.15, -0.1) is 0 Å². The van der Waals surface area contributed by atoms with Gasteiger partial charge in [0.2, 0.25) is 0 Å². The van der Waals surface area contributed by atoms with E-state index in [1.165, 1.54) is 30.4 Å². The fraction of sp³-hybridized carbons (Fsp3) is 0.455. The van der Waals surface area contributed by atoms with Gasteiger partial charge >= 0.3 is 0 Å². The lowest BCUT2D eigenvalue weighted by molar-refractivity contribution is 0.357. The summed E-state index contributed by atoms with van der Waals surface area (Å²) < 4.78 is 5.58. The third-order valence-corrected chi connectivity index (χ3v) is 2.88. The van der Waals surface area contributed by atoms with Crippen LogP contribution in [0.25, 0.3) is 0 Å². The van der Waals surface area contributed by atoms with Crippen molar-refractivity contribution in [2.75, 3.05) is 0 Å². The number of rotatable bonds is 0. The Morgan fingerprint density at radius 2 is 2.17 bits per heavy atom. The van der Waals surface area contributed by atoms with Crippen molar-refractivity contribution in [3.8, 4) is 0 Å². The first kappa shape index (κ1) is 6.67. The fourth-order valence-corrected chi connectivity index (χ4v) is 2.17. The highest BCUT2D eigenvalue weighted by atomic mass is 16.6. The normalized spacial score (nSPS) is 31.7. The molecule has 0 bridgehead atoms. The number of hydrogen-bond acceptors (Lipinski definition) is 1. The summed E-state index contributed by atoms with van der Waals surface area (Å²) >= 11 is 0. The molecule has 0 saturated carbocycles. The van der Waals surface area contributed by atoms with Gasteiger partial charge < -0.3 is 4.74 Å². The highest BCUT2D eigenvalue weighted by molar-refractivity contribution is 5.33. The summed E-state index contributed by atoms with van der Waals surface area (Å²) in [5, 5.41) is 0. The molecule has 0 N–H and O–H groups in total. The maximum absolute atomic E-state index is 5.58. The Hall–Kier alpha value is -0.820. The van der Waals surface area contributed by atoms with E-state index in [0.717, 1.165) is 0 Å². The van der Waals surface area contributed by atoms with E-state index in [1.54, 1.807) is 0 Å². The molecule has 1 aromatic carbocycles. The molecule has 0 aromatic heterocycles. The lowest BCUT2D eigenvalue weighted by atomic mass is 10.0. The van der Waals surface area contributed by atoms with Crippen molar-refractivity contribution in [1.82, 2.24) is 0 Å². The van der Waals surface area contributed by atoms with Crippen molar-refractivity contribution in [3.05, 3.63) is 35.4 Å². The Bertz CT molecular complexity index is 306. The van der Waals surface area contributed by atoms with Crippen molar-refractivity contribution in [2.45, 2.75) is 31.5 Å². The summed E-state index contributed by atoms with van der Waals surface area (Å²) in [5.41, 5.74) is 2.95. The van der Waals surface area contributed by atoms with Crippen LogP contribution in [-0.2, 0) is 11.2 Å². The third kappa shape index (κ3) is 0.896. The molecular formula is C11H12O. The zero-order chi connectivity index (χ0) is 7.97. The number of ether oxygens (including phenoxy) is 1. The van der Waals surface area contributed by atoms with Gasteiger partial charge in [-0.2, -0.15) is 0 Å². The summed E-state index contributed by atoms with van der Waals surface area (Å²) in [6, 6.07) is 8.69. The minimum atomic E-state index is 0.448. The van der Waals surface area contributed by atoms with Gasteiger partial charge in [0.1, 0.15) is 6.10 Å². The van der Waals surface area contributed by atoms with Crippen LogP contribution in [0, 0.1) is 0 Å². The van der Waals surface area contributed by atoms with Gasteiger partial charge in [-0.25, -0.2) is 0 Å². The van der Waals surface area contributed by atoms with E-state index in [4.69, 9.17) is 4.74 Å². The van der Waals surface area contributed by atoms with Gasteiger partial charge in [-0.05, 0) is 30.4 Å². The molecule has 1 nitrogen and oxygen atoms in total. The van der Waals surface area contributed by atoms with Gasteiger partial charge in [-0.1, -0.05) is 24.3 Å². The van der Waals surface area contributed by atoms with Crippen LogP contribution in [0.4, 0.5) is 0 Å². The maximum Gasteiger partial charge on any atom is 0.109 e. The topological polar surface area (TPSA) is 12.5 Å². The number of fused-ring (bicyclic) bond motifs is 3. The number of aryl methyl sites for hydroxylation is 1. The first-order valence-corrected chi connectivity index (χ1v) is 4.68. The SMILES string of the molecule is c1ccc2c(c1)CCC[C@@H]1O[C@@H]21. The van der Waals surface area contributed by atoms with Gasteiger partial charge in [0, 0.05) is 0 Å². The number of benzene rings is 1. The minimum absolute atomic E-state index is 0.448. The largest absolute Gasteiger partial charge is 0.364 e. The molecular weight excluding hydrogens is 148 g/mol. The van der Waals surface area contributed by atoms with Crippen LogP contribution in [0.15, 0.2) is 24.3 Å². The predicted molar refractivity (Wildman–Crippen MR) is 47.0 cm³/mol. The quantitative estimate of drug-likeness (QED) is 0.531. The smallest absolute Gasteiger partial charge is 0.109 e. The predicted octanol–water partition coefficient (Wildman–Crippen LogP) is 2.46. The van der Waals surface area contributed by atoms with E-state index in [-0.39, 0.29) is 0 Å². The Balaban J connectivity index is 2.08. The van der Waals surface area contributed by atoms with Crippen molar-refractivity contribution in [2.24, 2.45) is 0 Å². The first-order chi connectivity index (χ1) is 5.95. The van der Waals surface area contributed by atoms with E-state index in [0.29, 0.717) is 12.2 Å². The lowest BCUT2D eigenvalue weighted by Gasteiger charge is -2.03.